The highest BCUT2D eigenvalue weighted by Crippen LogP contribution is 2.18. The molecule has 0 saturated heterocycles. The lowest BCUT2D eigenvalue weighted by Crippen LogP contribution is -2.30. The number of hydrogen-bond acceptors (Lipinski definition) is 6. The normalized spacial score (nSPS) is 12.3. The van der Waals surface area contributed by atoms with E-state index < -0.39 is 6.10 Å². The molecule has 0 aliphatic rings. The summed E-state index contributed by atoms with van der Waals surface area (Å²) >= 11 is 0. The van der Waals surface area contributed by atoms with Crippen LogP contribution in [0.5, 0.6) is 0 Å². The maximum Gasteiger partial charge on any atom is 0.306 e. The van der Waals surface area contributed by atoms with Gasteiger partial charge in [-0.05, 0) is 103 Å². The molecule has 0 aromatic heterocycles. The van der Waals surface area contributed by atoms with Crippen LogP contribution in [0.3, 0.4) is 0 Å². The van der Waals surface area contributed by atoms with Crippen molar-refractivity contribution in [3.05, 3.63) is 48.6 Å². The van der Waals surface area contributed by atoms with Crippen LogP contribution in [-0.2, 0) is 28.6 Å². The Morgan fingerprint density at radius 2 is 0.450 bits per heavy atom. The monoisotopic (exact) mass is 1120 g/mol. The molecule has 0 aromatic carbocycles. The van der Waals surface area contributed by atoms with Gasteiger partial charge < -0.3 is 14.2 Å². The van der Waals surface area contributed by atoms with Gasteiger partial charge in [-0.15, -0.1) is 0 Å². The predicted octanol–water partition coefficient (Wildman–Crippen LogP) is 24.5. The molecular weight excluding hydrogens is 985 g/mol. The average Bonchev–Trinajstić information content (AvgIpc) is 3.46. The van der Waals surface area contributed by atoms with Gasteiger partial charge in [0.2, 0.25) is 0 Å². The Bertz CT molecular complexity index is 1380. The molecule has 1 unspecified atom stereocenters. The fourth-order valence-electron chi connectivity index (χ4n) is 10.6. The van der Waals surface area contributed by atoms with Gasteiger partial charge in [0.15, 0.2) is 6.10 Å². The first-order valence-corrected chi connectivity index (χ1v) is 35.6. The van der Waals surface area contributed by atoms with Crippen LogP contribution in [0, 0.1) is 0 Å². The second-order valence-electron chi connectivity index (χ2n) is 24.1. The molecular formula is C74H136O6. The van der Waals surface area contributed by atoms with E-state index >= 15 is 0 Å². The van der Waals surface area contributed by atoms with Crippen molar-refractivity contribution in [3.63, 3.8) is 0 Å². The molecule has 0 rings (SSSR count). The molecule has 468 valence electrons. The fraction of sp³-hybridized carbons (Fsp3) is 0.851. The Labute approximate surface area is 498 Å². The van der Waals surface area contributed by atoms with Crippen molar-refractivity contribution >= 4 is 17.9 Å². The van der Waals surface area contributed by atoms with Crippen molar-refractivity contribution in [2.45, 2.75) is 393 Å². The molecule has 0 N–H and O–H groups in total. The number of carbonyl (C=O) groups excluding carboxylic acids is 3. The number of ether oxygens (including phenoxy) is 3. The topological polar surface area (TPSA) is 78.9 Å². The Hall–Kier alpha value is -2.63. The molecule has 6 nitrogen and oxygen atoms in total. The van der Waals surface area contributed by atoms with Gasteiger partial charge >= 0.3 is 17.9 Å². The van der Waals surface area contributed by atoms with E-state index in [1.807, 2.05) is 0 Å². The molecule has 0 radical (unpaired) electrons. The third-order valence-corrected chi connectivity index (χ3v) is 16.0. The maximum atomic E-state index is 12.9. The zero-order chi connectivity index (χ0) is 57.8. The smallest absolute Gasteiger partial charge is 0.306 e. The second-order valence-corrected chi connectivity index (χ2v) is 24.1. The van der Waals surface area contributed by atoms with Crippen LogP contribution in [-0.4, -0.2) is 37.2 Å². The molecule has 80 heavy (non-hydrogen) atoms. The van der Waals surface area contributed by atoms with E-state index in [0.717, 1.165) is 77.0 Å². The molecule has 0 heterocycles. The molecule has 0 fully saturated rings. The van der Waals surface area contributed by atoms with Gasteiger partial charge in [-0.1, -0.05) is 313 Å². The van der Waals surface area contributed by atoms with Gasteiger partial charge in [0, 0.05) is 19.3 Å². The fourth-order valence-corrected chi connectivity index (χ4v) is 10.6. The maximum absolute atomic E-state index is 12.9. The summed E-state index contributed by atoms with van der Waals surface area (Å²) in [5.74, 6) is -0.870. The summed E-state index contributed by atoms with van der Waals surface area (Å²) in [4.78, 5) is 38.3. The molecule has 0 spiro atoms. The van der Waals surface area contributed by atoms with Gasteiger partial charge in [0.25, 0.3) is 0 Å². The summed E-state index contributed by atoms with van der Waals surface area (Å²) in [6.07, 6.45) is 87.4. The number of carbonyl (C=O) groups is 3. The quantitative estimate of drug-likeness (QED) is 0.0261. The first kappa shape index (κ1) is 77.4. The minimum absolute atomic E-state index is 0.0746. The van der Waals surface area contributed by atoms with E-state index in [1.54, 1.807) is 0 Å². The Morgan fingerprint density at radius 1 is 0.250 bits per heavy atom. The Balaban J connectivity index is 4.04. The minimum atomic E-state index is -0.778. The Kier molecular flexibility index (Phi) is 66.6. The summed E-state index contributed by atoms with van der Waals surface area (Å²) in [5.41, 5.74) is 0. The average molecular weight is 1120 g/mol. The van der Waals surface area contributed by atoms with Gasteiger partial charge in [-0.25, -0.2) is 0 Å². The van der Waals surface area contributed by atoms with E-state index in [1.165, 1.54) is 270 Å². The minimum Gasteiger partial charge on any atom is -0.462 e. The van der Waals surface area contributed by atoms with Gasteiger partial charge in [-0.2, -0.15) is 0 Å². The van der Waals surface area contributed by atoms with Crippen molar-refractivity contribution in [2.24, 2.45) is 0 Å². The summed E-state index contributed by atoms with van der Waals surface area (Å²) in [5, 5.41) is 0. The lowest BCUT2D eigenvalue weighted by molar-refractivity contribution is -0.167. The van der Waals surface area contributed by atoms with Crippen LogP contribution in [0.15, 0.2) is 48.6 Å². The van der Waals surface area contributed by atoms with Crippen molar-refractivity contribution in [2.75, 3.05) is 13.2 Å². The highest BCUT2D eigenvalue weighted by Gasteiger charge is 2.19. The van der Waals surface area contributed by atoms with E-state index in [4.69, 9.17) is 14.2 Å². The van der Waals surface area contributed by atoms with Crippen molar-refractivity contribution in [1.29, 1.82) is 0 Å². The highest BCUT2D eigenvalue weighted by molar-refractivity contribution is 5.71. The summed E-state index contributed by atoms with van der Waals surface area (Å²) in [6.45, 7) is 6.64. The van der Waals surface area contributed by atoms with E-state index in [9.17, 15) is 14.4 Å². The third-order valence-electron chi connectivity index (χ3n) is 16.0. The number of rotatable bonds is 66. The predicted molar refractivity (Wildman–Crippen MR) is 349 cm³/mol. The summed E-state index contributed by atoms with van der Waals surface area (Å²) in [7, 11) is 0. The molecule has 0 saturated carbocycles. The molecule has 0 aliphatic heterocycles. The van der Waals surface area contributed by atoms with Crippen LogP contribution < -0.4 is 0 Å². The van der Waals surface area contributed by atoms with Crippen LogP contribution in [0.25, 0.3) is 0 Å². The van der Waals surface area contributed by atoms with Gasteiger partial charge in [0.05, 0.1) is 0 Å². The summed E-state index contributed by atoms with van der Waals surface area (Å²) < 4.78 is 16.9. The number of hydrogen-bond donors (Lipinski definition) is 0. The zero-order valence-electron chi connectivity index (χ0n) is 53.9. The zero-order valence-corrected chi connectivity index (χ0v) is 53.9. The van der Waals surface area contributed by atoms with E-state index in [-0.39, 0.29) is 31.1 Å². The van der Waals surface area contributed by atoms with E-state index in [0.29, 0.717) is 19.3 Å². The van der Waals surface area contributed by atoms with Gasteiger partial charge in [-0.3, -0.25) is 14.4 Å². The van der Waals surface area contributed by atoms with Crippen LogP contribution >= 0.6 is 0 Å². The summed E-state index contributed by atoms with van der Waals surface area (Å²) in [6, 6.07) is 0. The van der Waals surface area contributed by atoms with Crippen molar-refractivity contribution in [3.8, 4) is 0 Å². The molecule has 0 aromatic rings. The van der Waals surface area contributed by atoms with Crippen molar-refractivity contribution in [1.82, 2.24) is 0 Å². The van der Waals surface area contributed by atoms with E-state index in [2.05, 4.69) is 69.4 Å². The SMILES string of the molecule is CCCCC/C=C\CCCCCCCC(=O)OCC(COC(=O)CCCCCCCCCCCCCCCCCCCCCCCCC/C=C\C/C=C\CCCCCCC)OC(=O)CCCCCCC/C=C\CCCCCCCC. The highest BCUT2D eigenvalue weighted by atomic mass is 16.6. The molecule has 0 amide bonds. The second kappa shape index (κ2) is 68.9. The first-order valence-electron chi connectivity index (χ1n) is 35.6. The first-order chi connectivity index (χ1) is 39.5. The van der Waals surface area contributed by atoms with Crippen LogP contribution in [0.2, 0.25) is 0 Å². The van der Waals surface area contributed by atoms with Crippen LogP contribution in [0.4, 0.5) is 0 Å². The molecule has 0 bridgehead atoms. The number of unbranched alkanes of at least 4 members (excludes halogenated alkanes) is 47. The molecule has 0 aliphatic carbocycles. The van der Waals surface area contributed by atoms with Gasteiger partial charge in [0.1, 0.15) is 13.2 Å². The lowest BCUT2D eigenvalue weighted by atomic mass is 10.0. The molecule has 1 atom stereocenters. The van der Waals surface area contributed by atoms with Crippen LogP contribution in [0.1, 0.15) is 387 Å². The standard InChI is InChI=1S/C74H136O6/c1-4-7-10-13-16-19-22-25-27-28-29-30-31-32-33-34-35-36-37-38-39-40-41-42-43-44-45-46-48-49-52-55-58-61-64-67-73(76)79-70-71(69-78-72(75)66-63-60-57-54-51-24-21-18-15-12-9-6-3)80-74(77)68-65-62-59-56-53-50-47-26-23-20-17-14-11-8-5-2/h18,21-22,25-26,28-29,47,71H,4-17,19-20,23-24,27,30-46,48-70H2,1-3H3/b21-18-,25-22-,29-28-,47-26-. The third kappa shape index (κ3) is 66.2. The largest absolute Gasteiger partial charge is 0.462 e. The number of allylic oxidation sites excluding steroid dienone is 8. The molecule has 6 heteroatoms. The van der Waals surface area contributed by atoms with Crippen molar-refractivity contribution < 1.29 is 28.6 Å². The lowest BCUT2D eigenvalue weighted by Gasteiger charge is -2.18. The Morgan fingerprint density at radius 3 is 0.725 bits per heavy atom. The number of esters is 3.